The second-order valence-electron chi connectivity index (χ2n) is 3.68. The highest BCUT2D eigenvalue weighted by Gasteiger charge is 2.02. The minimum atomic E-state index is 0.517. The van der Waals surface area contributed by atoms with Gasteiger partial charge in [-0.25, -0.2) is 9.97 Å². The van der Waals surface area contributed by atoms with Crippen LogP contribution < -0.4 is 4.74 Å². The van der Waals surface area contributed by atoms with Crippen molar-refractivity contribution in [1.29, 1.82) is 0 Å². The first-order chi connectivity index (χ1) is 8.29. The molecular weight excluding hydrogens is 282 g/mol. The van der Waals surface area contributed by atoms with Crippen molar-refractivity contribution < 1.29 is 4.74 Å². The van der Waals surface area contributed by atoms with Crippen LogP contribution in [0.3, 0.4) is 0 Å². The van der Waals surface area contributed by atoms with Crippen molar-refractivity contribution in [2.45, 2.75) is 26.5 Å². The maximum absolute atomic E-state index is 5.65. The van der Waals surface area contributed by atoms with E-state index in [1.165, 1.54) is 0 Å². The molecule has 0 amide bonds. The van der Waals surface area contributed by atoms with Crippen LogP contribution in [0, 0.1) is 0 Å². The predicted octanol–water partition coefficient (Wildman–Crippen LogP) is 3.03. The van der Waals surface area contributed by atoms with Gasteiger partial charge in [-0.2, -0.15) is 0 Å². The maximum Gasteiger partial charge on any atom is 0.138 e. The summed E-state index contributed by atoms with van der Waals surface area (Å²) in [5.41, 5.74) is 1.08. The van der Waals surface area contributed by atoms with Gasteiger partial charge in [0.15, 0.2) is 0 Å². The number of pyridine rings is 1. The normalized spacial score (nSPS) is 10.5. The summed E-state index contributed by atoms with van der Waals surface area (Å²) >= 11 is 3.29. The Morgan fingerprint density at radius 2 is 2.24 bits per heavy atom. The van der Waals surface area contributed by atoms with Crippen molar-refractivity contribution in [3.63, 3.8) is 0 Å². The number of hydrogen-bond donors (Lipinski definition) is 0. The van der Waals surface area contributed by atoms with E-state index in [-0.39, 0.29) is 0 Å². The van der Waals surface area contributed by atoms with E-state index in [9.17, 15) is 0 Å². The summed E-state index contributed by atoms with van der Waals surface area (Å²) in [5.74, 6) is 0.762. The Bertz CT molecular complexity index is 467. The molecule has 0 aliphatic heterocycles. The van der Waals surface area contributed by atoms with Crippen LogP contribution in [0.25, 0.3) is 0 Å². The molecule has 0 aliphatic rings. The molecule has 2 heterocycles. The van der Waals surface area contributed by atoms with Crippen molar-refractivity contribution in [2.24, 2.45) is 0 Å². The smallest absolute Gasteiger partial charge is 0.138 e. The van der Waals surface area contributed by atoms with Gasteiger partial charge in [0.25, 0.3) is 0 Å². The maximum atomic E-state index is 5.65. The summed E-state index contributed by atoms with van der Waals surface area (Å²) < 4.78 is 8.56. The fourth-order valence-electron chi connectivity index (χ4n) is 1.52. The van der Waals surface area contributed by atoms with Gasteiger partial charge in [0.1, 0.15) is 17.0 Å². The van der Waals surface area contributed by atoms with Crippen molar-refractivity contribution in [1.82, 2.24) is 14.5 Å². The van der Waals surface area contributed by atoms with Gasteiger partial charge in [-0.3, -0.25) is 0 Å². The number of nitrogens with zero attached hydrogens (tertiary/aromatic N) is 3. The molecular formula is C12H14BrN3O. The van der Waals surface area contributed by atoms with Crippen LogP contribution in [0.15, 0.2) is 35.5 Å². The van der Waals surface area contributed by atoms with E-state index in [0.29, 0.717) is 6.61 Å². The van der Waals surface area contributed by atoms with Crippen molar-refractivity contribution in [3.8, 4) is 5.75 Å². The van der Waals surface area contributed by atoms with Crippen LogP contribution in [0.1, 0.15) is 19.0 Å². The molecule has 0 aromatic carbocycles. The molecule has 0 atom stereocenters. The summed E-state index contributed by atoms with van der Waals surface area (Å²) in [7, 11) is 0. The highest BCUT2D eigenvalue weighted by atomic mass is 79.9. The predicted molar refractivity (Wildman–Crippen MR) is 68.8 cm³/mol. The molecule has 0 saturated carbocycles. The molecule has 5 heteroatoms. The van der Waals surface area contributed by atoms with Crippen LogP contribution >= 0.6 is 15.9 Å². The Hall–Kier alpha value is -1.36. The zero-order valence-electron chi connectivity index (χ0n) is 9.64. The Kier molecular flexibility index (Phi) is 4.14. The fraction of sp³-hybridized carbons (Fsp3) is 0.333. The van der Waals surface area contributed by atoms with Crippen molar-refractivity contribution in [2.75, 3.05) is 0 Å². The highest BCUT2D eigenvalue weighted by molar-refractivity contribution is 9.10. The number of rotatable bonds is 5. The molecule has 2 aromatic heterocycles. The molecule has 0 fully saturated rings. The molecule has 0 radical (unpaired) electrons. The van der Waals surface area contributed by atoms with Gasteiger partial charge in [-0.1, -0.05) is 6.92 Å². The Balaban J connectivity index is 1.97. The molecule has 0 bridgehead atoms. The third-order valence-electron chi connectivity index (χ3n) is 2.35. The molecule has 0 spiro atoms. The number of halogens is 1. The van der Waals surface area contributed by atoms with E-state index in [0.717, 1.165) is 29.0 Å². The van der Waals surface area contributed by atoms with Crippen molar-refractivity contribution >= 4 is 15.9 Å². The average Bonchev–Trinajstić information content (AvgIpc) is 2.77. The van der Waals surface area contributed by atoms with E-state index in [2.05, 4.69) is 37.4 Å². The van der Waals surface area contributed by atoms with Crippen LogP contribution in [0.4, 0.5) is 0 Å². The molecule has 0 aliphatic carbocycles. The van der Waals surface area contributed by atoms with Gasteiger partial charge in [0, 0.05) is 6.54 Å². The molecule has 0 N–H and O–H groups in total. The number of imidazole rings is 1. The van der Waals surface area contributed by atoms with Gasteiger partial charge in [0.05, 0.1) is 24.4 Å². The lowest BCUT2D eigenvalue weighted by molar-refractivity contribution is 0.293. The number of aromatic nitrogens is 3. The van der Waals surface area contributed by atoms with Crippen LogP contribution in [0.5, 0.6) is 5.75 Å². The fourth-order valence-corrected chi connectivity index (χ4v) is 1.75. The van der Waals surface area contributed by atoms with Gasteiger partial charge >= 0.3 is 0 Å². The summed E-state index contributed by atoms with van der Waals surface area (Å²) in [5, 5.41) is 0. The molecule has 2 aromatic rings. The summed E-state index contributed by atoms with van der Waals surface area (Å²) in [6.07, 6.45) is 6.46. The average molecular weight is 296 g/mol. The topological polar surface area (TPSA) is 39.9 Å². The van der Waals surface area contributed by atoms with E-state index in [1.54, 1.807) is 6.20 Å². The largest absolute Gasteiger partial charge is 0.486 e. The Morgan fingerprint density at radius 3 is 2.94 bits per heavy atom. The zero-order chi connectivity index (χ0) is 12.1. The first-order valence-corrected chi connectivity index (χ1v) is 6.32. The second kappa shape index (κ2) is 5.82. The molecule has 17 heavy (non-hydrogen) atoms. The summed E-state index contributed by atoms with van der Waals surface area (Å²) in [6, 6.07) is 3.75. The standard InChI is InChI=1S/C12H14BrN3O/c1-2-5-16-9-14-6-10(16)8-17-11-3-4-12(13)15-7-11/h3-4,6-7,9H,2,5,8H2,1H3. The second-order valence-corrected chi connectivity index (χ2v) is 4.50. The third kappa shape index (κ3) is 3.30. The summed E-state index contributed by atoms with van der Waals surface area (Å²) in [6.45, 7) is 3.63. The minimum Gasteiger partial charge on any atom is -0.486 e. The lowest BCUT2D eigenvalue weighted by atomic mass is 10.4. The zero-order valence-corrected chi connectivity index (χ0v) is 11.2. The molecule has 0 saturated heterocycles. The third-order valence-corrected chi connectivity index (χ3v) is 2.82. The number of aryl methyl sites for hydroxylation is 1. The number of ether oxygens (including phenoxy) is 1. The molecule has 90 valence electrons. The minimum absolute atomic E-state index is 0.517. The first kappa shape index (κ1) is 12.1. The van der Waals surface area contributed by atoms with Crippen molar-refractivity contribution in [3.05, 3.63) is 41.2 Å². The van der Waals surface area contributed by atoms with Gasteiger partial charge < -0.3 is 9.30 Å². The number of hydrogen-bond acceptors (Lipinski definition) is 3. The monoisotopic (exact) mass is 295 g/mol. The van der Waals surface area contributed by atoms with E-state index >= 15 is 0 Å². The highest BCUT2D eigenvalue weighted by Crippen LogP contribution is 2.14. The van der Waals surface area contributed by atoms with Gasteiger partial charge in [-0.15, -0.1) is 0 Å². The molecule has 4 nitrogen and oxygen atoms in total. The van der Waals surface area contributed by atoms with E-state index < -0.39 is 0 Å². The molecule has 0 unspecified atom stereocenters. The van der Waals surface area contributed by atoms with Crippen LogP contribution in [0.2, 0.25) is 0 Å². The van der Waals surface area contributed by atoms with Gasteiger partial charge in [0.2, 0.25) is 0 Å². The SMILES string of the molecule is CCCn1cncc1COc1ccc(Br)nc1. The van der Waals surface area contributed by atoms with E-state index in [4.69, 9.17) is 4.74 Å². The van der Waals surface area contributed by atoms with Crippen LogP contribution in [-0.2, 0) is 13.2 Å². The lowest BCUT2D eigenvalue weighted by Gasteiger charge is -2.08. The lowest BCUT2D eigenvalue weighted by Crippen LogP contribution is -2.05. The Labute approximate surface area is 109 Å². The summed E-state index contributed by atoms with van der Waals surface area (Å²) in [4.78, 5) is 8.23. The first-order valence-electron chi connectivity index (χ1n) is 5.53. The van der Waals surface area contributed by atoms with E-state index in [1.807, 2.05) is 24.7 Å². The van der Waals surface area contributed by atoms with Gasteiger partial charge in [-0.05, 0) is 34.5 Å². The quantitative estimate of drug-likeness (QED) is 0.796. The molecule has 2 rings (SSSR count). The Morgan fingerprint density at radius 1 is 1.35 bits per heavy atom. The van der Waals surface area contributed by atoms with Crippen LogP contribution in [-0.4, -0.2) is 14.5 Å².